The summed E-state index contributed by atoms with van der Waals surface area (Å²) in [6.45, 7) is 8.49. The fraction of sp³-hybridized carbons (Fsp3) is 0.583. The SMILES string of the molecule is CCOC(=O)C1C2C(NC(=O)c3ccccc3F)CC(NC(=O)OC(C)(C)C)(C(=O)OCC)C12. The standard InChI is InChI=1S/C24H31FN2O7/c1-6-32-20(29)17-16-15(26-19(28)13-10-8-9-11-14(13)25)12-24(18(16)17,21(30)33-7-2)27-22(31)34-23(3,4)5/h8-11,15-18H,6-7,12H2,1-5H3,(H,26,28)(H,27,31). The number of nitrogens with one attached hydrogen (secondary N) is 2. The molecule has 0 heterocycles. The van der Waals surface area contributed by atoms with Crippen LogP contribution in [0.15, 0.2) is 24.3 Å². The van der Waals surface area contributed by atoms with E-state index in [1.54, 1.807) is 34.6 Å². The summed E-state index contributed by atoms with van der Waals surface area (Å²) in [5.41, 5.74) is -2.62. The van der Waals surface area contributed by atoms with Crippen LogP contribution in [-0.4, -0.2) is 54.3 Å². The fourth-order valence-electron chi connectivity index (χ4n) is 4.82. The molecule has 5 unspecified atom stereocenters. The van der Waals surface area contributed by atoms with Gasteiger partial charge >= 0.3 is 18.0 Å². The van der Waals surface area contributed by atoms with Crippen molar-refractivity contribution in [3.05, 3.63) is 35.6 Å². The van der Waals surface area contributed by atoms with E-state index >= 15 is 0 Å². The molecule has 3 rings (SSSR count). The Morgan fingerprint density at radius 2 is 1.74 bits per heavy atom. The molecule has 34 heavy (non-hydrogen) atoms. The lowest BCUT2D eigenvalue weighted by atomic mass is 9.88. The number of hydrogen-bond donors (Lipinski definition) is 2. The van der Waals surface area contributed by atoms with Crippen molar-refractivity contribution in [3.63, 3.8) is 0 Å². The zero-order valence-electron chi connectivity index (χ0n) is 20.0. The van der Waals surface area contributed by atoms with Gasteiger partial charge in [0, 0.05) is 18.4 Å². The predicted molar refractivity (Wildman–Crippen MR) is 118 cm³/mol. The van der Waals surface area contributed by atoms with Crippen LogP contribution < -0.4 is 10.6 Å². The number of amides is 2. The van der Waals surface area contributed by atoms with E-state index in [2.05, 4.69) is 10.6 Å². The number of fused-ring (bicyclic) bond motifs is 1. The lowest BCUT2D eigenvalue weighted by Gasteiger charge is -2.33. The third kappa shape index (κ3) is 5.00. The molecule has 2 N–H and O–H groups in total. The van der Waals surface area contributed by atoms with E-state index in [-0.39, 0.29) is 25.2 Å². The Morgan fingerprint density at radius 3 is 2.32 bits per heavy atom. The first-order chi connectivity index (χ1) is 15.9. The van der Waals surface area contributed by atoms with Crippen LogP contribution in [0.5, 0.6) is 0 Å². The van der Waals surface area contributed by atoms with Crippen LogP contribution in [0.3, 0.4) is 0 Å². The number of esters is 2. The Balaban J connectivity index is 1.94. The lowest BCUT2D eigenvalue weighted by Crippen LogP contribution is -2.59. The van der Waals surface area contributed by atoms with Crippen molar-refractivity contribution in [1.29, 1.82) is 0 Å². The van der Waals surface area contributed by atoms with Gasteiger partial charge in [-0.25, -0.2) is 14.0 Å². The summed E-state index contributed by atoms with van der Waals surface area (Å²) in [6, 6.07) is 4.78. The molecular weight excluding hydrogens is 447 g/mol. The zero-order valence-corrected chi connectivity index (χ0v) is 20.0. The molecule has 2 amide bonds. The average molecular weight is 479 g/mol. The number of benzene rings is 1. The Hall–Kier alpha value is -3.17. The van der Waals surface area contributed by atoms with Crippen LogP contribution in [0.2, 0.25) is 0 Å². The van der Waals surface area contributed by atoms with Gasteiger partial charge in [0.15, 0.2) is 0 Å². The fourth-order valence-corrected chi connectivity index (χ4v) is 4.82. The summed E-state index contributed by atoms with van der Waals surface area (Å²) in [6.07, 6.45) is -0.897. The minimum atomic E-state index is -1.62. The monoisotopic (exact) mass is 478 g/mol. The smallest absolute Gasteiger partial charge is 0.408 e. The van der Waals surface area contributed by atoms with Crippen LogP contribution in [0.4, 0.5) is 9.18 Å². The number of hydrogen-bond acceptors (Lipinski definition) is 7. The van der Waals surface area contributed by atoms with Crippen molar-refractivity contribution in [2.45, 2.75) is 58.2 Å². The second-order valence-corrected chi connectivity index (χ2v) is 9.46. The molecule has 2 aliphatic carbocycles. The number of carbonyl (C=O) groups excluding carboxylic acids is 4. The van der Waals surface area contributed by atoms with Crippen LogP contribution in [0.1, 0.15) is 51.4 Å². The van der Waals surface area contributed by atoms with E-state index in [0.29, 0.717) is 0 Å². The van der Waals surface area contributed by atoms with Gasteiger partial charge in [0.2, 0.25) is 0 Å². The minimum absolute atomic E-state index is 0.0451. The second-order valence-electron chi connectivity index (χ2n) is 9.46. The summed E-state index contributed by atoms with van der Waals surface area (Å²) < 4.78 is 29.9. The van der Waals surface area contributed by atoms with E-state index in [4.69, 9.17) is 14.2 Å². The molecule has 2 fully saturated rings. The molecular formula is C24H31FN2O7. The highest BCUT2D eigenvalue weighted by atomic mass is 19.1. The minimum Gasteiger partial charge on any atom is -0.466 e. The normalized spacial score (nSPS) is 27.2. The quantitative estimate of drug-likeness (QED) is 0.457. The second kappa shape index (κ2) is 9.60. The zero-order chi connectivity index (χ0) is 25.3. The van der Waals surface area contributed by atoms with Gasteiger partial charge in [-0.1, -0.05) is 12.1 Å². The molecule has 10 heteroatoms. The lowest BCUT2D eigenvalue weighted by molar-refractivity contribution is -0.153. The van der Waals surface area contributed by atoms with Crippen LogP contribution in [0.25, 0.3) is 0 Å². The Labute approximate surface area is 197 Å². The number of halogens is 1. The van der Waals surface area contributed by atoms with Gasteiger partial charge in [-0.2, -0.15) is 0 Å². The van der Waals surface area contributed by atoms with E-state index in [9.17, 15) is 23.6 Å². The maximum atomic E-state index is 14.2. The van der Waals surface area contributed by atoms with Gasteiger partial charge in [0.05, 0.1) is 24.7 Å². The Bertz CT molecular complexity index is 976. The Kier molecular flexibility index (Phi) is 7.18. The highest BCUT2D eigenvalue weighted by Crippen LogP contribution is 2.63. The summed E-state index contributed by atoms with van der Waals surface area (Å²) in [5.74, 6) is -4.59. The maximum absolute atomic E-state index is 14.2. The van der Waals surface area contributed by atoms with Gasteiger partial charge in [0.1, 0.15) is 17.0 Å². The molecule has 2 aliphatic rings. The molecule has 0 bridgehead atoms. The number of carbonyl (C=O) groups is 4. The number of rotatable bonds is 7. The first kappa shape index (κ1) is 25.5. The number of ether oxygens (including phenoxy) is 3. The molecule has 1 aromatic carbocycles. The highest BCUT2D eigenvalue weighted by molar-refractivity contribution is 5.96. The van der Waals surface area contributed by atoms with Crippen LogP contribution in [-0.2, 0) is 23.8 Å². The highest BCUT2D eigenvalue weighted by Gasteiger charge is 2.76. The van der Waals surface area contributed by atoms with Gasteiger partial charge in [-0.15, -0.1) is 0 Å². The first-order valence-electron chi connectivity index (χ1n) is 11.4. The average Bonchev–Trinajstić information content (AvgIpc) is 3.41. The summed E-state index contributed by atoms with van der Waals surface area (Å²) in [5, 5.41) is 5.38. The van der Waals surface area contributed by atoms with Crippen LogP contribution in [0, 0.1) is 23.6 Å². The molecule has 2 saturated carbocycles. The maximum Gasteiger partial charge on any atom is 0.408 e. The molecule has 0 saturated heterocycles. The molecule has 0 aliphatic heterocycles. The van der Waals surface area contributed by atoms with Gasteiger partial charge in [-0.3, -0.25) is 9.59 Å². The molecule has 5 atom stereocenters. The summed E-state index contributed by atoms with van der Waals surface area (Å²) in [7, 11) is 0. The van der Waals surface area contributed by atoms with Crippen molar-refractivity contribution in [1.82, 2.24) is 10.6 Å². The molecule has 0 radical (unpaired) electrons. The molecule has 186 valence electrons. The van der Waals surface area contributed by atoms with E-state index in [1.165, 1.54) is 18.2 Å². The van der Waals surface area contributed by atoms with E-state index in [1.807, 2.05) is 0 Å². The third-order valence-corrected chi connectivity index (χ3v) is 6.01. The van der Waals surface area contributed by atoms with E-state index in [0.717, 1.165) is 6.07 Å². The van der Waals surface area contributed by atoms with Crippen molar-refractivity contribution >= 4 is 23.9 Å². The van der Waals surface area contributed by atoms with Crippen molar-refractivity contribution < 1.29 is 37.8 Å². The van der Waals surface area contributed by atoms with E-state index < -0.39 is 64.7 Å². The summed E-state index contributed by atoms with van der Waals surface area (Å²) in [4.78, 5) is 51.3. The van der Waals surface area contributed by atoms with Gasteiger partial charge < -0.3 is 24.8 Å². The van der Waals surface area contributed by atoms with Gasteiger partial charge in [0.25, 0.3) is 5.91 Å². The van der Waals surface area contributed by atoms with Crippen molar-refractivity contribution in [2.75, 3.05) is 13.2 Å². The predicted octanol–water partition coefficient (Wildman–Crippen LogP) is 2.58. The topological polar surface area (TPSA) is 120 Å². The number of alkyl carbamates (subject to hydrolysis) is 1. The third-order valence-electron chi connectivity index (χ3n) is 6.01. The molecule has 9 nitrogen and oxygen atoms in total. The molecule has 0 aromatic heterocycles. The molecule has 1 aromatic rings. The van der Waals surface area contributed by atoms with Gasteiger partial charge in [-0.05, 0) is 52.7 Å². The van der Waals surface area contributed by atoms with Crippen molar-refractivity contribution in [3.8, 4) is 0 Å². The molecule has 0 spiro atoms. The summed E-state index contributed by atoms with van der Waals surface area (Å²) >= 11 is 0. The largest absolute Gasteiger partial charge is 0.466 e. The van der Waals surface area contributed by atoms with Crippen LogP contribution >= 0.6 is 0 Å². The Morgan fingerprint density at radius 1 is 1.09 bits per heavy atom. The van der Waals surface area contributed by atoms with Crippen molar-refractivity contribution in [2.24, 2.45) is 17.8 Å². The first-order valence-corrected chi connectivity index (χ1v) is 11.4.